The van der Waals surface area contributed by atoms with Crippen molar-refractivity contribution in [2.45, 2.75) is 40.2 Å². The lowest BCUT2D eigenvalue weighted by atomic mass is 10.1. The lowest BCUT2D eigenvalue weighted by Gasteiger charge is -2.12. The smallest absolute Gasteiger partial charge is 0.121 e. The van der Waals surface area contributed by atoms with Crippen molar-refractivity contribution in [3.63, 3.8) is 0 Å². The Bertz CT molecular complexity index is 350. The number of benzene rings is 1. The summed E-state index contributed by atoms with van der Waals surface area (Å²) < 4.78 is 5.75. The number of hydrogen-bond donors (Lipinski definition) is 2. The van der Waals surface area contributed by atoms with E-state index in [1.54, 1.807) is 0 Å². The quantitative estimate of drug-likeness (QED) is 0.670. The predicted molar refractivity (Wildman–Crippen MR) is 83.0 cm³/mol. The molecule has 0 aliphatic carbocycles. The summed E-state index contributed by atoms with van der Waals surface area (Å²) >= 11 is 0. The highest BCUT2D eigenvalue weighted by Crippen LogP contribution is 2.17. The van der Waals surface area contributed by atoms with Gasteiger partial charge in [-0.15, -0.1) is 0 Å². The highest BCUT2D eigenvalue weighted by molar-refractivity contribution is 5.48. The van der Waals surface area contributed by atoms with E-state index in [1.165, 1.54) is 0 Å². The number of anilines is 1. The molecule has 0 radical (unpaired) electrons. The van der Waals surface area contributed by atoms with Gasteiger partial charge in [-0.1, -0.05) is 33.8 Å². The molecule has 0 spiro atoms. The molecule has 3 nitrogen and oxygen atoms in total. The Kier molecular flexibility index (Phi) is 7.34. The summed E-state index contributed by atoms with van der Waals surface area (Å²) in [6.45, 7) is 11.4. The molecule has 0 saturated heterocycles. The van der Waals surface area contributed by atoms with E-state index in [2.05, 4.69) is 50.5 Å². The van der Waals surface area contributed by atoms with Crippen LogP contribution in [0.4, 0.5) is 5.69 Å². The highest BCUT2D eigenvalue weighted by Gasteiger charge is 1.99. The Balaban J connectivity index is 2.31. The van der Waals surface area contributed by atoms with Crippen LogP contribution in [0.25, 0.3) is 0 Å². The van der Waals surface area contributed by atoms with Crippen molar-refractivity contribution >= 4 is 5.69 Å². The second-order valence-corrected chi connectivity index (χ2v) is 5.59. The summed E-state index contributed by atoms with van der Waals surface area (Å²) in [6, 6.07) is 8.72. The maximum Gasteiger partial charge on any atom is 0.121 e. The summed E-state index contributed by atoms with van der Waals surface area (Å²) in [7, 11) is 0. The summed E-state index contributed by atoms with van der Waals surface area (Å²) in [5.41, 5.74) is 1.12. The summed E-state index contributed by atoms with van der Waals surface area (Å²) in [5.74, 6) is 1.63. The minimum atomic E-state index is 0.535. The van der Waals surface area contributed by atoms with Crippen molar-refractivity contribution in [3.05, 3.63) is 24.3 Å². The van der Waals surface area contributed by atoms with Gasteiger partial charge in [0, 0.05) is 30.9 Å². The zero-order valence-corrected chi connectivity index (χ0v) is 12.7. The molecule has 0 aromatic heterocycles. The zero-order valence-electron chi connectivity index (χ0n) is 12.7. The molecular formula is C16H28N2O. The van der Waals surface area contributed by atoms with Gasteiger partial charge in [0.25, 0.3) is 0 Å². The molecule has 1 aromatic carbocycles. The lowest BCUT2D eigenvalue weighted by molar-refractivity contribution is 0.289. The maximum atomic E-state index is 5.75. The molecular weight excluding hydrogens is 236 g/mol. The normalized spacial score (nSPS) is 11.1. The fourth-order valence-corrected chi connectivity index (χ4v) is 1.68. The molecule has 0 fully saturated rings. The average molecular weight is 264 g/mol. The number of ether oxygens (including phenoxy) is 1. The number of rotatable bonds is 9. The predicted octanol–water partition coefficient (Wildman–Crippen LogP) is 3.52. The van der Waals surface area contributed by atoms with Crippen LogP contribution in [0.5, 0.6) is 5.75 Å². The zero-order chi connectivity index (χ0) is 14.1. The number of nitrogens with one attached hydrogen (secondary N) is 2. The molecule has 0 unspecified atom stereocenters. The van der Waals surface area contributed by atoms with Crippen LogP contribution in [-0.4, -0.2) is 25.7 Å². The van der Waals surface area contributed by atoms with Crippen LogP contribution in [0.1, 0.15) is 34.1 Å². The van der Waals surface area contributed by atoms with E-state index in [9.17, 15) is 0 Å². The molecule has 2 N–H and O–H groups in total. The highest BCUT2D eigenvalue weighted by atomic mass is 16.5. The van der Waals surface area contributed by atoms with Crippen LogP contribution in [0.15, 0.2) is 24.3 Å². The molecule has 108 valence electrons. The monoisotopic (exact) mass is 264 g/mol. The van der Waals surface area contributed by atoms with Gasteiger partial charge >= 0.3 is 0 Å². The summed E-state index contributed by atoms with van der Waals surface area (Å²) in [4.78, 5) is 0. The Labute approximate surface area is 117 Å². The third kappa shape index (κ3) is 7.73. The SMILES string of the molecule is CC(C)CCOc1cccc(NCCNC(C)C)c1. The maximum absolute atomic E-state index is 5.75. The lowest BCUT2D eigenvalue weighted by Crippen LogP contribution is -2.28. The fourth-order valence-electron chi connectivity index (χ4n) is 1.68. The van der Waals surface area contributed by atoms with E-state index in [1.807, 2.05) is 12.1 Å². The fraction of sp³-hybridized carbons (Fsp3) is 0.625. The molecule has 1 aromatic rings. The van der Waals surface area contributed by atoms with E-state index in [-0.39, 0.29) is 0 Å². The van der Waals surface area contributed by atoms with Gasteiger partial charge in [-0.25, -0.2) is 0 Å². The van der Waals surface area contributed by atoms with Crippen LogP contribution >= 0.6 is 0 Å². The second kappa shape index (κ2) is 8.81. The van der Waals surface area contributed by atoms with Gasteiger partial charge in [-0.2, -0.15) is 0 Å². The van der Waals surface area contributed by atoms with Crippen molar-refractivity contribution in [2.75, 3.05) is 25.0 Å². The van der Waals surface area contributed by atoms with Gasteiger partial charge in [0.1, 0.15) is 5.75 Å². The Morgan fingerprint density at radius 1 is 1.11 bits per heavy atom. The first-order valence-corrected chi connectivity index (χ1v) is 7.28. The van der Waals surface area contributed by atoms with Gasteiger partial charge in [-0.05, 0) is 24.5 Å². The summed E-state index contributed by atoms with van der Waals surface area (Å²) in [6.07, 6.45) is 1.09. The number of hydrogen-bond acceptors (Lipinski definition) is 3. The van der Waals surface area contributed by atoms with Crippen molar-refractivity contribution in [3.8, 4) is 5.75 Å². The van der Waals surface area contributed by atoms with Crippen LogP contribution in [0.3, 0.4) is 0 Å². The Morgan fingerprint density at radius 3 is 2.58 bits per heavy atom. The largest absolute Gasteiger partial charge is 0.494 e. The summed E-state index contributed by atoms with van der Waals surface area (Å²) in [5, 5.41) is 6.78. The molecule has 3 heteroatoms. The van der Waals surface area contributed by atoms with Crippen molar-refractivity contribution in [2.24, 2.45) is 5.92 Å². The minimum absolute atomic E-state index is 0.535. The van der Waals surface area contributed by atoms with Gasteiger partial charge in [-0.3, -0.25) is 0 Å². The third-order valence-electron chi connectivity index (χ3n) is 2.80. The van der Waals surface area contributed by atoms with E-state index in [0.29, 0.717) is 12.0 Å². The molecule has 0 aliphatic heterocycles. The van der Waals surface area contributed by atoms with Crippen molar-refractivity contribution in [1.82, 2.24) is 5.32 Å². The first-order valence-electron chi connectivity index (χ1n) is 7.28. The Morgan fingerprint density at radius 2 is 1.89 bits per heavy atom. The minimum Gasteiger partial charge on any atom is -0.494 e. The topological polar surface area (TPSA) is 33.3 Å². The molecule has 0 atom stereocenters. The van der Waals surface area contributed by atoms with Crippen LogP contribution in [-0.2, 0) is 0 Å². The molecule has 19 heavy (non-hydrogen) atoms. The van der Waals surface area contributed by atoms with Crippen molar-refractivity contribution < 1.29 is 4.74 Å². The van der Waals surface area contributed by atoms with Gasteiger partial charge in [0.15, 0.2) is 0 Å². The average Bonchev–Trinajstić information content (AvgIpc) is 2.34. The Hall–Kier alpha value is -1.22. The molecule has 0 heterocycles. The first kappa shape index (κ1) is 15.8. The van der Waals surface area contributed by atoms with Crippen molar-refractivity contribution in [1.29, 1.82) is 0 Å². The van der Waals surface area contributed by atoms with Crippen LogP contribution in [0, 0.1) is 5.92 Å². The van der Waals surface area contributed by atoms with E-state index in [4.69, 9.17) is 4.74 Å². The van der Waals surface area contributed by atoms with Crippen LogP contribution < -0.4 is 15.4 Å². The second-order valence-electron chi connectivity index (χ2n) is 5.59. The molecule has 0 amide bonds. The third-order valence-corrected chi connectivity index (χ3v) is 2.80. The van der Waals surface area contributed by atoms with E-state index < -0.39 is 0 Å². The van der Waals surface area contributed by atoms with Crippen LogP contribution in [0.2, 0.25) is 0 Å². The van der Waals surface area contributed by atoms with Gasteiger partial charge in [0.05, 0.1) is 6.61 Å². The molecule has 0 bridgehead atoms. The first-order chi connectivity index (χ1) is 9.08. The van der Waals surface area contributed by atoms with E-state index >= 15 is 0 Å². The standard InChI is InChI=1S/C16H28N2O/c1-13(2)8-11-19-16-7-5-6-15(12-16)18-10-9-17-14(3)4/h5-7,12-14,17-18H,8-11H2,1-4H3. The van der Waals surface area contributed by atoms with E-state index in [0.717, 1.165) is 37.6 Å². The molecule has 1 rings (SSSR count). The van der Waals surface area contributed by atoms with Gasteiger partial charge < -0.3 is 15.4 Å². The molecule has 0 aliphatic rings. The van der Waals surface area contributed by atoms with Gasteiger partial charge in [0.2, 0.25) is 0 Å². The molecule has 0 saturated carbocycles.